The molecule has 1 aliphatic rings. The predicted molar refractivity (Wildman–Crippen MR) is 131 cm³/mol. The lowest BCUT2D eigenvalue weighted by Crippen LogP contribution is -2.41. The Bertz CT molecular complexity index is 1060. The van der Waals surface area contributed by atoms with Crippen molar-refractivity contribution in [3.8, 4) is 0 Å². The minimum absolute atomic E-state index is 0.202. The lowest BCUT2D eigenvalue weighted by Gasteiger charge is -2.26. The first-order chi connectivity index (χ1) is 16.6. The quantitative estimate of drug-likeness (QED) is 0.497. The summed E-state index contributed by atoms with van der Waals surface area (Å²) in [6.07, 6.45) is 1.46. The lowest BCUT2D eigenvalue weighted by atomic mass is 10.0. The van der Waals surface area contributed by atoms with E-state index in [0.717, 1.165) is 45.9 Å². The van der Waals surface area contributed by atoms with E-state index in [2.05, 4.69) is 76.4 Å². The van der Waals surface area contributed by atoms with E-state index in [1.54, 1.807) is 0 Å². The van der Waals surface area contributed by atoms with Crippen LogP contribution < -0.4 is 5.32 Å². The third-order valence-electron chi connectivity index (χ3n) is 6.10. The highest BCUT2D eigenvalue weighted by atomic mass is 16.5. The minimum Gasteiger partial charge on any atom is -0.447 e. The topological polar surface area (TPSA) is 70.8 Å². The molecule has 1 fully saturated rings. The molecule has 1 amide bonds. The maximum atomic E-state index is 12.6. The number of benzene rings is 2. The number of oxazole rings is 1. The van der Waals surface area contributed by atoms with Crippen LogP contribution in [0.2, 0.25) is 0 Å². The van der Waals surface area contributed by atoms with Gasteiger partial charge in [0.2, 0.25) is 5.89 Å². The standard InChI is InChI=1S/C27H34N4O3/c1-21-8-9-24(22(2)16-21)18-31(17-23-6-4-3-5-7-23)19-26-29-25(20-34-26)27(32)28-10-11-30-12-14-33-15-13-30/h3-9,16,20H,10-15,17-19H2,1-2H3,(H,28,32). The molecule has 0 spiro atoms. The third kappa shape index (κ3) is 7.00. The van der Waals surface area contributed by atoms with Gasteiger partial charge in [-0.25, -0.2) is 4.98 Å². The van der Waals surface area contributed by atoms with E-state index in [4.69, 9.17) is 9.15 Å². The fraction of sp³-hybridized carbons (Fsp3) is 0.407. The van der Waals surface area contributed by atoms with Gasteiger partial charge in [-0.2, -0.15) is 0 Å². The first-order valence-corrected chi connectivity index (χ1v) is 11.9. The highest BCUT2D eigenvalue weighted by molar-refractivity contribution is 5.91. The van der Waals surface area contributed by atoms with Crippen molar-refractivity contribution in [3.05, 3.63) is 88.6 Å². The van der Waals surface area contributed by atoms with E-state index < -0.39 is 0 Å². The zero-order valence-corrected chi connectivity index (χ0v) is 20.1. The number of nitrogens with zero attached hydrogens (tertiary/aromatic N) is 3. The number of hydrogen-bond acceptors (Lipinski definition) is 6. The van der Waals surface area contributed by atoms with Gasteiger partial charge in [0.15, 0.2) is 5.69 Å². The maximum Gasteiger partial charge on any atom is 0.273 e. The van der Waals surface area contributed by atoms with E-state index in [1.165, 1.54) is 28.5 Å². The van der Waals surface area contributed by atoms with Gasteiger partial charge in [-0.05, 0) is 30.5 Å². The van der Waals surface area contributed by atoms with Crippen LogP contribution in [0.15, 0.2) is 59.2 Å². The Kier molecular flexibility index (Phi) is 8.46. The summed E-state index contributed by atoms with van der Waals surface area (Å²) in [5.41, 5.74) is 5.34. The number of carbonyl (C=O) groups is 1. The Labute approximate surface area is 201 Å². The molecule has 1 aromatic heterocycles. The smallest absolute Gasteiger partial charge is 0.273 e. The van der Waals surface area contributed by atoms with Crippen molar-refractivity contribution in [1.82, 2.24) is 20.1 Å². The van der Waals surface area contributed by atoms with Crippen molar-refractivity contribution in [1.29, 1.82) is 0 Å². The number of ether oxygens (including phenoxy) is 1. The van der Waals surface area contributed by atoms with Crippen LogP contribution in [0.25, 0.3) is 0 Å². The summed E-state index contributed by atoms with van der Waals surface area (Å²) in [6.45, 7) is 11.0. The number of aromatic nitrogens is 1. The van der Waals surface area contributed by atoms with Crippen molar-refractivity contribution < 1.29 is 13.9 Å². The molecule has 1 N–H and O–H groups in total. The SMILES string of the molecule is Cc1ccc(CN(Cc2ccccc2)Cc2nc(C(=O)NCCN3CCOCC3)co2)c(C)c1. The molecule has 0 bridgehead atoms. The predicted octanol–water partition coefficient (Wildman–Crippen LogP) is 3.56. The lowest BCUT2D eigenvalue weighted by molar-refractivity contribution is 0.0383. The summed E-state index contributed by atoms with van der Waals surface area (Å²) in [4.78, 5) is 21.6. The summed E-state index contributed by atoms with van der Waals surface area (Å²) in [5.74, 6) is 0.339. The Morgan fingerprint density at radius 1 is 1.06 bits per heavy atom. The van der Waals surface area contributed by atoms with Gasteiger partial charge in [0, 0.05) is 39.3 Å². The van der Waals surface area contributed by atoms with Gasteiger partial charge in [0.05, 0.1) is 19.8 Å². The zero-order chi connectivity index (χ0) is 23.8. The molecule has 0 radical (unpaired) electrons. The van der Waals surface area contributed by atoms with Gasteiger partial charge < -0.3 is 14.5 Å². The second-order valence-corrected chi connectivity index (χ2v) is 8.90. The fourth-order valence-corrected chi connectivity index (χ4v) is 4.20. The molecule has 1 saturated heterocycles. The molecular weight excluding hydrogens is 428 g/mol. The Morgan fingerprint density at radius 2 is 1.85 bits per heavy atom. The van der Waals surface area contributed by atoms with Crippen LogP contribution in [0.4, 0.5) is 0 Å². The molecular formula is C27H34N4O3. The van der Waals surface area contributed by atoms with Crippen LogP contribution in [0, 0.1) is 13.8 Å². The molecule has 0 aliphatic carbocycles. The van der Waals surface area contributed by atoms with Crippen molar-refractivity contribution in [2.75, 3.05) is 39.4 Å². The first-order valence-electron chi connectivity index (χ1n) is 11.9. The monoisotopic (exact) mass is 462 g/mol. The number of nitrogens with one attached hydrogen (secondary N) is 1. The molecule has 0 atom stereocenters. The molecule has 7 heteroatoms. The van der Waals surface area contributed by atoms with E-state index in [9.17, 15) is 4.79 Å². The first kappa shape index (κ1) is 24.1. The second-order valence-electron chi connectivity index (χ2n) is 8.90. The molecule has 34 heavy (non-hydrogen) atoms. The van der Waals surface area contributed by atoms with Gasteiger partial charge in [0.1, 0.15) is 6.26 Å². The van der Waals surface area contributed by atoms with Crippen LogP contribution >= 0.6 is 0 Å². The largest absolute Gasteiger partial charge is 0.447 e. The van der Waals surface area contributed by atoms with Crippen LogP contribution in [0.3, 0.4) is 0 Å². The van der Waals surface area contributed by atoms with Crippen LogP contribution in [-0.4, -0.2) is 60.1 Å². The molecule has 0 unspecified atom stereocenters. The van der Waals surface area contributed by atoms with E-state index in [1.807, 2.05) is 6.07 Å². The van der Waals surface area contributed by atoms with E-state index in [0.29, 0.717) is 24.7 Å². The highest BCUT2D eigenvalue weighted by Crippen LogP contribution is 2.18. The van der Waals surface area contributed by atoms with Crippen molar-refractivity contribution in [2.45, 2.75) is 33.5 Å². The van der Waals surface area contributed by atoms with Crippen LogP contribution in [-0.2, 0) is 24.4 Å². The Hall–Kier alpha value is -3.00. The third-order valence-corrected chi connectivity index (χ3v) is 6.10. The van der Waals surface area contributed by atoms with Crippen LogP contribution in [0.5, 0.6) is 0 Å². The highest BCUT2D eigenvalue weighted by Gasteiger charge is 2.17. The van der Waals surface area contributed by atoms with Gasteiger partial charge in [0.25, 0.3) is 5.91 Å². The number of rotatable bonds is 10. The summed E-state index contributed by atoms with van der Waals surface area (Å²) < 4.78 is 11.1. The van der Waals surface area contributed by atoms with Crippen molar-refractivity contribution >= 4 is 5.91 Å². The van der Waals surface area contributed by atoms with E-state index >= 15 is 0 Å². The molecule has 0 saturated carbocycles. The van der Waals surface area contributed by atoms with Crippen LogP contribution in [0.1, 0.15) is 38.6 Å². The number of amides is 1. The molecule has 2 aromatic carbocycles. The summed E-state index contributed by atoms with van der Waals surface area (Å²) in [5, 5.41) is 2.95. The number of hydrogen-bond donors (Lipinski definition) is 1. The molecule has 180 valence electrons. The van der Waals surface area contributed by atoms with E-state index in [-0.39, 0.29) is 5.91 Å². The molecule has 4 rings (SSSR count). The average Bonchev–Trinajstić information content (AvgIpc) is 3.31. The normalized spacial score (nSPS) is 14.4. The molecule has 1 aliphatic heterocycles. The Balaban J connectivity index is 1.38. The molecule has 2 heterocycles. The van der Waals surface area contributed by atoms with Crippen molar-refractivity contribution in [2.24, 2.45) is 0 Å². The second kappa shape index (κ2) is 11.9. The zero-order valence-electron chi connectivity index (χ0n) is 20.1. The maximum absolute atomic E-state index is 12.6. The minimum atomic E-state index is -0.202. The fourth-order valence-electron chi connectivity index (χ4n) is 4.20. The Morgan fingerprint density at radius 3 is 2.62 bits per heavy atom. The number of morpholine rings is 1. The van der Waals surface area contributed by atoms with Gasteiger partial charge >= 0.3 is 0 Å². The molecule has 7 nitrogen and oxygen atoms in total. The summed E-state index contributed by atoms with van der Waals surface area (Å²) in [6, 6.07) is 16.9. The van der Waals surface area contributed by atoms with Gasteiger partial charge in [-0.3, -0.25) is 14.6 Å². The summed E-state index contributed by atoms with van der Waals surface area (Å²) >= 11 is 0. The number of carbonyl (C=O) groups excluding carboxylic acids is 1. The number of aryl methyl sites for hydroxylation is 2. The van der Waals surface area contributed by atoms with Gasteiger partial charge in [-0.1, -0.05) is 54.1 Å². The summed E-state index contributed by atoms with van der Waals surface area (Å²) in [7, 11) is 0. The average molecular weight is 463 g/mol. The molecule has 3 aromatic rings. The van der Waals surface area contributed by atoms with Gasteiger partial charge in [-0.15, -0.1) is 0 Å². The van der Waals surface area contributed by atoms with Crippen molar-refractivity contribution in [3.63, 3.8) is 0 Å².